The van der Waals surface area contributed by atoms with Crippen molar-refractivity contribution in [1.29, 1.82) is 0 Å². The van der Waals surface area contributed by atoms with E-state index in [1.165, 1.54) is 0 Å². The summed E-state index contributed by atoms with van der Waals surface area (Å²) in [6.07, 6.45) is 0. The number of halogens is 1. The molecule has 0 aliphatic carbocycles. The molecule has 0 saturated carbocycles. The van der Waals surface area contributed by atoms with Gasteiger partial charge in [-0.15, -0.1) is 0 Å². The van der Waals surface area contributed by atoms with Crippen LogP contribution < -0.4 is 10.6 Å². The largest absolute Gasteiger partial charge is 0.346 e. The lowest BCUT2D eigenvalue weighted by atomic mass is 10.2. The summed E-state index contributed by atoms with van der Waals surface area (Å²) in [5, 5.41) is 6.97. The van der Waals surface area contributed by atoms with Crippen LogP contribution in [0.4, 0.5) is 16.2 Å². The Bertz CT molecular complexity index is 329. The summed E-state index contributed by atoms with van der Waals surface area (Å²) < 4.78 is 0. The number of hydrogen-bond donors (Lipinski definition) is 1. The third kappa shape index (κ3) is 1.02. The maximum atomic E-state index is 10.8. The first kappa shape index (κ1) is 7.43. The van der Waals surface area contributed by atoms with Crippen molar-refractivity contribution in [3.8, 4) is 0 Å². The minimum absolute atomic E-state index is 0.327. The van der Waals surface area contributed by atoms with Gasteiger partial charge in [0.15, 0.2) is 0 Å². The first-order valence-electron chi connectivity index (χ1n) is 3.50. The van der Waals surface area contributed by atoms with Gasteiger partial charge in [-0.1, -0.05) is 11.6 Å². The summed E-state index contributed by atoms with van der Waals surface area (Å²) in [4.78, 5) is 10.8. The van der Waals surface area contributed by atoms with Gasteiger partial charge in [0.05, 0.1) is 11.4 Å². The average molecular weight is 182 g/mol. The van der Waals surface area contributed by atoms with E-state index in [0.717, 1.165) is 5.56 Å². The third-order valence-electron chi connectivity index (χ3n) is 1.74. The third-order valence-corrected chi connectivity index (χ3v) is 2.15. The number of benzene rings is 1. The van der Waals surface area contributed by atoms with E-state index in [-0.39, 0.29) is 6.03 Å². The van der Waals surface area contributed by atoms with E-state index in [2.05, 4.69) is 10.6 Å². The van der Waals surface area contributed by atoms with Gasteiger partial charge in [-0.2, -0.15) is 5.32 Å². The molecule has 3 nitrogen and oxygen atoms in total. The Morgan fingerprint density at radius 3 is 3.00 bits per heavy atom. The first-order chi connectivity index (χ1) is 5.66. The van der Waals surface area contributed by atoms with Gasteiger partial charge < -0.3 is 5.32 Å². The molecule has 1 radical (unpaired) electrons. The van der Waals surface area contributed by atoms with Crippen LogP contribution in [0.5, 0.6) is 0 Å². The van der Waals surface area contributed by atoms with Crippen LogP contribution >= 0.6 is 11.6 Å². The number of amides is 2. The monoisotopic (exact) mass is 181 g/mol. The second kappa shape index (κ2) is 2.38. The Morgan fingerprint density at radius 1 is 1.50 bits per heavy atom. The number of anilines is 1. The molecule has 1 aromatic rings. The van der Waals surface area contributed by atoms with Crippen molar-refractivity contribution >= 4 is 29.0 Å². The van der Waals surface area contributed by atoms with Crippen LogP contribution in [0.3, 0.4) is 0 Å². The zero-order valence-electron chi connectivity index (χ0n) is 6.39. The molecule has 0 spiro atoms. The smallest absolute Gasteiger partial charge is 0.304 e. The van der Waals surface area contributed by atoms with Gasteiger partial charge in [-0.25, -0.2) is 4.79 Å². The molecule has 12 heavy (non-hydrogen) atoms. The fourth-order valence-corrected chi connectivity index (χ4v) is 1.28. The van der Waals surface area contributed by atoms with E-state index in [0.29, 0.717) is 16.4 Å². The molecule has 2 amide bonds. The molecule has 2 rings (SSSR count). The second-order valence-corrected chi connectivity index (χ2v) is 3.07. The summed E-state index contributed by atoms with van der Waals surface area (Å²) in [6.45, 7) is 1.88. The van der Waals surface area contributed by atoms with E-state index in [1.807, 2.05) is 6.92 Å². The van der Waals surface area contributed by atoms with Gasteiger partial charge >= 0.3 is 6.03 Å². The maximum Gasteiger partial charge on any atom is 0.346 e. The summed E-state index contributed by atoms with van der Waals surface area (Å²) in [5.74, 6) is 0. The van der Waals surface area contributed by atoms with Crippen LogP contribution in [0.25, 0.3) is 0 Å². The molecule has 1 aromatic carbocycles. The molecule has 0 aromatic heterocycles. The standard InChI is InChI=1S/C8H6ClN2O/c1-4-2-6-7(3-5(4)9)11-8(12)10-6/h2-3H,1H3,(H,11,12). The summed E-state index contributed by atoms with van der Waals surface area (Å²) in [7, 11) is 0. The predicted molar refractivity (Wildman–Crippen MR) is 47.0 cm³/mol. The molecule has 0 bridgehead atoms. The molecule has 1 aliphatic heterocycles. The van der Waals surface area contributed by atoms with Crippen LogP contribution in [0.2, 0.25) is 5.02 Å². The molecule has 1 heterocycles. The Labute approximate surface area is 74.7 Å². The number of carbonyl (C=O) groups is 1. The van der Waals surface area contributed by atoms with Crippen molar-refractivity contribution in [2.24, 2.45) is 0 Å². The molecule has 0 unspecified atom stereocenters. The van der Waals surface area contributed by atoms with Gasteiger partial charge in [0.25, 0.3) is 0 Å². The number of nitrogens with one attached hydrogen (secondary N) is 1. The normalized spacial score (nSPS) is 13.7. The average Bonchev–Trinajstić information content (AvgIpc) is 2.30. The molecule has 1 aliphatic rings. The van der Waals surface area contributed by atoms with Crippen LogP contribution in [-0.2, 0) is 0 Å². The van der Waals surface area contributed by atoms with Gasteiger partial charge in [0.2, 0.25) is 0 Å². The van der Waals surface area contributed by atoms with Crippen molar-refractivity contribution in [2.75, 3.05) is 5.32 Å². The summed E-state index contributed by atoms with van der Waals surface area (Å²) in [6, 6.07) is 3.17. The number of urea groups is 1. The minimum atomic E-state index is -0.327. The Hall–Kier alpha value is -1.22. The highest BCUT2D eigenvalue weighted by Crippen LogP contribution is 2.32. The molecule has 4 heteroatoms. The molecule has 0 saturated heterocycles. The molecule has 1 N–H and O–H groups in total. The lowest BCUT2D eigenvalue weighted by molar-refractivity contribution is 0.256. The van der Waals surface area contributed by atoms with Gasteiger partial charge in [-0.05, 0) is 24.6 Å². The second-order valence-electron chi connectivity index (χ2n) is 2.66. The van der Waals surface area contributed by atoms with Crippen molar-refractivity contribution in [3.05, 3.63) is 22.7 Å². The maximum absolute atomic E-state index is 10.8. The van der Waals surface area contributed by atoms with Crippen molar-refractivity contribution in [1.82, 2.24) is 5.32 Å². The number of carbonyl (C=O) groups excluding carboxylic acids is 1. The zero-order valence-corrected chi connectivity index (χ0v) is 7.14. The molecular formula is C8H6ClN2O. The number of nitrogens with zero attached hydrogens (tertiary/aromatic N) is 1. The van der Waals surface area contributed by atoms with E-state index in [9.17, 15) is 4.79 Å². The van der Waals surface area contributed by atoms with Gasteiger partial charge in [0.1, 0.15) is 0 Å². The van der Waals surface area contributed by atoms with E-state index in [4.69, 9.17) is 11.6 Å². The fourth-order valence-electron chi connectivity index (χ4n) is 1.11. The number of aryl methyl sites for hydroxylation is 1. The zero-order chi connectivity index (χ0) is 8.72. The van der Waals surface area contributed by atoms with Gasteiger partial charge in [0, 0.05) is 5.02 Å². The topological polar surface area (TPSA) is 43.2 Å². The van der Waals surface area contributed by atoms with Crippen LogP contribution in [-0.4, -0.2) is 6.03 Å². The van der Waals surface area contributed by atoms with Crippen molar-refractivity contribution in [2.45, 2.75) is 6.92 Å². The van der Waals surface area contributed by atoms with Crippen LogP contribution in [0, 0.1) is 6.92 Å². The SMILES string of the molecule is Cc1cc2c(cc1Cl)NC(=O)[N]2. The van der Waals surface area contributed by atoms with E-state index in [1.54, 1.807) is 12.1 Å². The van der Waals surface area contributed by atoms with Crippen LogP contribution in [0.1, 0.15) is 5.56 Å². The summed E-state index contributed by atoms with van der Waals surface area (Å²) in [5.41, 5.74) is 2.29. The van der Waals surface area contributed by atoms with Gasteiger partial charge in [-0.3, -0.25) is 0 Å². The minimum Gasteiger partial charge on any atom is -0.304 e. The van der Waals surface area contributed by atoms with Crippen molar-refractivity contribution < 1.29 is 4.79 Å². The number of hydrogen-bond acceptors (Lipinski definition) is 1. The molecular weight excluding hydrogens is 176 g/mol. The highest BCUT2D eigenvalue weighted by atomic mass is 35.5. The first-order valence-corrected chi connectivity index (χ1v) is 3.87. The van der Waals surface area contributed by atoms with E-state index < -0.39 is 0 Å². The Kier molecular flexibility index (Phi) is 1.48. The lowest BCUT2D eigenvalue weighted by Crippen LogP contribution is -2.08. The molecule has 0 fully saturated rings. The molecule has 0 atom stereocenters. The fraction of sp³-hybridized carbons (Fsp3) is 0.125. The highest BCUT2D eigenvalue weighted by Gasteiger charge is 2.19. The highest BCUT2D eigenvalue weighted by molar-refractivity contribution is 6.32. The number of fused-ring (bicyclic) bond motifs is 1. The van der Waals surface area contributed by atoms with Crippen LogP contribution in [0.15, 0.2) is 12.1 Å². The Balaban J connectivity index is 2.55. The molecule has 61 valence electrons. The predicted octanol–water partition coefficient (Wildman–Crippen LogP) is 2.43. The Morgan fingerprint density at radius 2 is 2.25 bits per heavy atom. The quantitative estimate of drug-likeness (QED) is 0.656. The van der Waals surface area contributed by atoms with E-state index >= 15 is 0 Å². The lowest BCUT2D eigenvalue weighted by Gasteiger charge is -1.99. The number of rotatable bonds is 0. The van der Waals surface area contributed by atoms with Crippen molar-refractivity contribution in [3.63, 3.8) is 0 Å². The summed E-state index contributed by atoms with van der Waals surface area (Å²) >= 11 is 5.85.